The lowest BCUT2D eigenvalue weighted by Crippen LogP contribution is -2.28. The highest BCUT2D eigenvalue weighted by molar-refractivity contribution is 6.08. The zero-order chi connectivity index (χ0) is 14.2. The van der Waals surface area contributed by atoms with E-state index in [1.54, 1.807) is 0 Å². The maximum absolute atomic E-state index is 12.2. The molecule has 5 nitrogen and oxygen atoms in total. The second-order valence-corrected chi connectivity index (χ2v) is 4.94. The van der Waals surface area contributed by atoms with E-state index in [1.807, 2.05) is 35.2 Å². The fraction of sp³-hybridized carbons (Fsp3) is 0.125. The summed E-state index contributed by atoms with van der Waals surface area (Å²) in [4.78, 5) is 26.5. The molecule has 2 aromatic rings. The van der Waals surface area contributed by atoms with Crippen LogP contribution in [-0.4, -0.2) is 20.7 Å². The van der Waals surface area contributed by atoms with Gasteiger partial charge < -0.3 is 0 Å². The van der Waals surface area contributed by atoms with Gasteiger partial charge in [-0.15, -0.1) is 0 Å². The number of fused-ring (bicyclic) bond motifs is 2. The highest BCUT2D eigenvalue weighted by atomic mass is 16.1. The molecule has 21 heavy (non-hydrogen) atoms. The van der Waals surface area contributed by atoms with Crippen LogP contribution in [0.3, 0.4) is 0 Å². The minimum absolute atomic E-state index is 0.168. The Morgan fingerprint density at radius 3 is 2.76 bits per heavy atom. The van der Waals surface area contributed by atoms with Gasteiger partial charge in [-0.1, -0.05) is 24.3 Å². The van der Waals surface area contributed by atoms with Crippen LogP contribution in [-0.2, 0) is 4.79 Å². The molecule has 0 saturated heterocycles. The number of hydrogen-bond acceptors (Lipinski definition) is 5. The van der Waals surface area contributed by atoms with Crippen molar-refractivity contribution in [3.8, 4) is 0 Å². The Hall–Kier alpha value is -2.82. The first-order valence-corrected chi connectivity index (χ1v) is 6.81. The van der Waals surface area contributed by atoms with E-state index < -0.39 is 0 Å². The van der Waals surface area contributed by atoms with Crippen molar-refractivity contribution >= 4 is 23.5 Å². The number of rotatable bonds is 1. The second-order valence-electron chi connectivity index (χ2n) is 4.94. The highest BCUT2D eigenvalue weighted by Crippen LogP contribution is 2.41. The van der Waals surface area contributed by atoms with E-state index >= 15 is 0 Å². The number of hydrogen-bond donors (Lipinski definition) is 0. The van der Waals surface area contributed by atoms with Gasteiger partial charge in [0, 0.05) is 12.0 Å². The van der Waals surface area contributed by atoms with Crippen molar-refractivity contribution in [1.82, 2.24) is 15.0 Å². The number of para-hydroxylation sites is 1. The first kappa shape index (κ1) is 12.0. The molecule has 1 aromatic carbocycles. The Kier molecular flexibility index (Phi) is 2.64. The van der Waals surface area contributed by atoms with Gasteiger partial charge in [0.2, 0.25) is 5.95 Å². The summed E-state index contributed by atoms with van der Waals surface area (Å²) in [5, 5.41) is 0. The molecule has 0 atom stereocenters. The van der Waals surface area contributed by atoms with Crippen LogP contribution in [0, 0.1) is 0 Å². The Morgan fingerprint density at radius 2 is 1.90 bits per heavy atom. The van der Waals surface area contributed by atoms with Crippen molar-refractivity contribution in [3.63, 3.8) is 0 Å². The van der Waals surface area contributed by atoms with Crippen LogP contribution in [0.2, 0.25) is 0 Å². The van der Waals surface area contributed by atoms with Crippen LogP contribution in [0.15, 0.2) is 54.3 Å². The van der Waals surface area contributed by atoms with Gasteiger partial charge in [0.25, 0.3) is 0 Å². The van der Waals surface area contributed by atoms with E-state index in [4.69, 9.17) is 0 Å². The van der Waals surface area contributed by atoms with Crippen LogP contribution in [0.4, 0.5) is 11.6 Å². The number of carbonyl (C=O) groups excluding carboxylic acids is 1. The third-order valence-corrected chi connectivity index (χ3v) is 3.68. The average molecular weight is 276 g/mol. The minimum Gasteiger partial charge on any atom is -0.294 e. The molecule has 0 N–H and O–H groups in total. The van der Waals surface area contributed by atoms with Crippen molar-refractivity contribution in [1.29, 1.82) is 0 Å². The molecule has 1 aromatic heterocycles. The standard InChI is InChI=1S/C16H12N4O/c21-15-7-3-6-14-12(15)8-11-4-1-2-5-13(11)20(14)16-18-9-17-10-19-16/h1-2,4-6,8-10H,3,7H2. The predicted octanol–water partition coefficient (Wildman–Crippen LogP) is 2.65. The minimum atomic E-state index is 0.168. The maximum Gasteiger partial charge on any atom is 0.237 e. The van der Waals surface area contributed by atoms with Crippen molar-refractivity contribution < 1.29 is 4.79 Å². The van der Waals surface area contributed by atoms with Crippen LogP contribution in [0.25, 0.3) is 6.08 Å². The summed E-state index contributed by atoms with van der Waals surface area (Å²) in [5.41, 5.74) is 3.59. The topological polar surface area (TPSA) is 59.0 Å². The van der Waals surface area contributed by atoms with Gasteiger partial charge in [0.05, 0.1) is 11.4 Å². The van der Waals surface area contributed by atoms with Gasteiger partial charge in [0.1, 0.15) is 12.7 Å². The number of anilines is 2. The fourth-order valence-corrected chi connectivity index (χ4v) is 2.76. The SMILES string of the molecule is O=C1CCC=C2C1=Cc1ccccc1N2c1ncncn1. The monoisotopic (exact) mass is 276 g/mol. The number of ketones is 1. The lowest BCUT2D eigenvalue weighted by atomic mass is 9.90. The number of carbonyl (C=O) groups is 1. The van der Waals surface area contributed by atoms with Crippen molar-refractivity contribution in [2.24, 2.45) is 0 Å². The lowest BCUT2D eigenvalue weighted by Gasteiger charge is -2.33. The average Bonchev–Trinajstić information content (AvgIpc) is 2.54. The van der Waals surface area contributed by atoms with Crippen LogP contribution < -0.4 is 4.90 Å². The van der Waals surface area contributed by atoms with Crippen LogP contribution in [0.5, 0.6) is 0 Å². The van der Waals surface area contributed by atoms with Crippen molar-refractivity contribution in [3.05, 3.63) is 59.8 Å². The molecule has 0 amide bonds. The fourth-order valence-electron chi connectivity index (χ4n) is 2.76. The molecule has 2 aliphatic rings. The molecule has 0 saturated carbocycles. The van der Waals surface area contributed by atoms with Gasteiger partial charge in [-0.25, -0.2) is 15.0 Å². The molecule has 0 fully saturated rings. The van der Waals surface area contributed by atoms with Crippen LogP contribution in [0.1, 0.15) is 18.4 Å². The number of Topliss-reactive ketones (excluding diaryl/α,β-unsaturated/α-hetero) is 1. The summed E-state index contributed by atoms with van der Waals surface area (Å²) < 4.78 is 0. The molecule has 1 aliphatic heterocycles. The summed E-state index contributed by atoms with van der Waals surface area (Å²) in [6.45, 7) is 0. The summed E-state index contributed by atoms with van der Waals surface area (Å²) in [7, 11) is 0. The van der Waals surface area contributed by atoms with E-state index in [9.17, 15) is 4.79 Å². The lowest BCUT2D eigenvalue weighted by molar-refractivity contribution is -0.115. The molecule has 0 bridgehead atoms. The van der Waals surface area contributed by atoms with Gasteiger partial charge in [-0.3, -0.25) is 9.69 Å². The van der Waals surface area contributed by atoms with E-state index in [1.165, 1.54) is 12.7 Å². The molecule has 2 heterocycles. The number of benzene rings is 1. The predicted molar refractivity (Wildman–Crippen MR) is 78.7 cm³/mol. The van der Waals surface area contributed by atoms with E-state index in [0.29, 0.717) is 12.4 Å². The first-order valence-electron chi connectivity index (χ1n) is 6.81. The quantitative estimate of drug-likeness (QED) is 0.801. The van der Waals surface area contributed by atoms with E-state index in [0.717, 1.165) is 28.9 Å². The molecule has 102 valence electrons. The molecule has 0 radical (unpaired) electrons. The maximum atomic E-state index is 12.2. The summed E-state index contributed by atoms with van der Waals surface area (Å²) in [6.07, 6.45) is 8.27. The van der Waals surface area contributed by atoms with Gasteiger partial charge in [0.15, 0.2) is 5.78 Å². The number of nitrogens with zero attached hydrogens (tertiary/aromatic N) is 4. The molecule has 0 spiro atoms. The van der Waals surface area contributed by atoms with Crippen LogP contribution >= 0.6 is 0 Å². The third-order valence-electron chi connectivity index (χ3n) is 3.68. The van der Waals surface area contributed by atoms with Crippen molar-refractivity contribution in [2.45, 2.75) is 12.8 Å². The first-order chi connectivity index (χ1) is 10.3. The molecule has 5 heteroatoms. The zero-order valence-corrected chi connectivity index (χ0v) is 11.2. The number of aromatic nitrogens is 3. The molecular formula is C16H12N4O. The Balaban J connectivity index is 1.98. The largest absolute Gasteiger partial charge is 0.294 e. The normalized spacial score (nSPS) is 16.8. The van der Waals surface area contributed by atoms with Gasteiger partial charge in [-0.2, -0.15) is 0 Å². The third kappa shape index (κ3) is 1.86. The number of allylic oxidation sites excluding steroid dienone is 2. The van der Waals surface area contributed by atoms with Gasteiger partial charge >= 0.3 is 0 Å². The Bertz CT molecular complexity index is 780. The van der Waals surface area contributed by atoms with E-state index in [-0.39, 0.29) is 5.78 Å². The Morgan fingerprint density at radius 1 is 1.10 bits per heavy atom. The summed E-state index contributed by atoms with van der Waals surface area (Å²) in [6, 6.07) is 7.93. The second kappa shape index (κ2) is 4.63. The summed E-state index contributed by atoms with van der Waals surface area (Å²) in [5.74, 6) is 0.699. The van der Waals surface area contributed by atoms with Crippen molar-refractivity contribution in [2.75, 3.05) is 4.90 Å². The molecule has 1 aliphatic carbocycles. The highest BCUT2D eigenvalue weighted by Gasteiger charge is 2.31. The summed E-state index contributed by atoms with van der Waals surface area (Å²) >= 11 is 0. The molecule has 4 rings (SSSR count). The Labute approximate surface area is 121 Å². The molecular weight excluding hydrogens is 264 g/mol. The van der Waals surface area contributed by atoms with E-state index in [2.05, 4.69) is 21.0 Å². The van der Waals surface area contributed by atoms with Gasteiger partial charge in [-0.05, 0) is 24.1 Å². The smallest absolute Gasteiger partial charge is 0.237 e. The zero-order valence-electron chi connectivity index (χ0n) is 11.2. The molecule has 0 unspecified atom stereocenters.